The van der Waals surface area contributed by atoms with Crippen molar-refractivity contribution in [3.05, 3.63) is 64.3 Å². The Hall–Kier alpha value is -3.52. The summed E-state index contributed by atoms with van der Waals surface area (Å²) in [6.07, 6.45) is 0. The summed E-state index contributed by atoms with van der Waals surface area (Å²) < 4.78 is 12.5. The zero-order valence-corrected chi connectivity index (χ0v) is 16.1. The predicted molar refractivity (Wildman–Crippen MR) is 107 cm³/mol. The topological polar surface area (TPSA) is 104 Å². The SMILES string of the molecule is CC1=C(C(N)=O)[C@H](c2ccc3c(c2)OCO3)n2nc(-c3ccccc3Cl)nc2N1. The number of allylic oxidation sites excluding steroid dienone is 1. The number of fused-ring (bicyclic) bond motifs is 2. The maximum atomic E-state index is 12.3. The molecule has 5 rings (SSSR count). The van der Waals surface area contributed by atoms with Crippen molar-refractivity contribution in [3.63, 3.8) is 0 Å². The molecule has 3 heterocycles. The molecule has 146 valence electrons. The van der Waals surface area contributed by atoms with E-state index in [1.54, 1.807) is 23.7 Å². The lowest BCUT2D eigenvalue weighted by atomic mass is 9.95. The molecule has 0 spiro atoms. The number of rotatable bonds is 3. The maximum Gasteiger partial charge on any atom is 0.248 e. The second kappa shape index (κ2) is 6.52. The summed E-state index contributed by atoms with van der Waals surface area (Å²) in [7, 11) is 0. The molecule has 0 saturated carbocycles. The van der Waals surface area contributed by atoms with Gasteiger partial charge in [-0.15, -0.1) is 5.10 Å². The number of ether oxygens (including phenoxy) is 2. The second-order valence-corrected chi connectivity index (χ2v) is 7.13. The van der Waals surface area contributed by atoms with Crippen LogP contribution in [0.1, 0.15) is 18.5 Å². The Labute approximate surface area is 170 Å². The minimum absolute atomic E-state index is 0.160. The van der Waals surface area contributed by atoms with Gasteiger partial charge < -0.3 is 20.5 Å². The fraction of sp³-hybridized carbons (Fsp3) is 0.150. The van der Waals surface area contributed by atoms with Crippen molar-refractivity contribution in [3.8, 4) is 22.9 Å². The molecule has 3 aromatic rings. The third kappa shape index (κ3) is 2.80. The van der Waals surface area contributed by atoms with Crippen LogP contribution in [0.3, 0.4) is 0 Å². The smallest absolute Gasteiger partial charge is 0.248 e. The molecule has 2 aromatic carbocycles. The fourth-order valence-electron chi connectivity index (χ4n) is 3.62. The van der Waals surface area contributed by atoms with Gasteiger partial charge in [-0.1, -0.05) is 29.8 Å². The van der Waals surface area contributed by atoms with Crippen LogP contribution in [0.5, 0.6) is 11.5 Å². The number of primary amides is 1. The lowest BCUT2D eigenvalue weighted by molar-refractivity contribution is -0.115. The minimum atomic E-state index is -0.568. The molecular formula is C20H16ClN5O3. The van der Waals surface area contributed by atoms with Crippen LogP contribution in [-0.4, -0.2) is 27.5 Å². The van der Waals surface area contributed by atoms with Gasteiger partial charge in [0.05, 0.1) is 10.6 Å². The van der Waals surface area contributed by atoms with Gasteiger partial charge in [-0.05, 0) is 36.8 Å². The van der Waals surface area contributed by atoms with E-state index in [4.69, 9.17) is 26.8 Å². The van der Waals surface area contributed by atoms with Crippen LogP contribution in [0, 0.1) is 0 Å². The molecule has 3 N–H and O–H groups in total. The van der Waals surface area contributed by atoms with E-state index in [1.165, 1.54) is 0 Å². The van der Waals surface area contributed by atoms with E-state index in [-0.39, 0.29) is 6.79 Å². The highest BCUT2D eigenvalue weighted by molar-refractivity contribution is 6.33. The van der Waals surface area contributed by atoms with Gasteiger partial charge in [0.1, 0.15) is 6.04 Å². The molecule has 9 heteroatoms. The van der Waals surface area contributed by atoms with Crippen molar-refractivity contribution in [2.24, 2.45) is 5.73 Å². The van der Waals surface area contributed by atoms with E-state index in [0.29, 0.717) is 45.1 Å². The van der Waals surface area contributed by atoms with Crippen molar-refractivity contribution < 1.29 is 14.3 Å². The molecule has 29 heavy (non-hydrogen) atoms. The van der Waals surface area contributed by atoms with E-state index in [0.717, 1.165) is 5.56 Å². The number of hydrogen-bond donors (Lipinski definition) is 2. The summed E-state index contributed by atoms with van der Waals surface area (Å²) in [6.45, 7) is 1.95. The Morgan fingerprint density at radius 3 is 2.83 bits per heavy atom. The summed E-state index contributed by atoms with van der Waals surface area (Å²) in [5.74, 6) is 1.65. The third-order valence-electron chi connectivity index (χ3n) is 4.95. The Morgan fingerprint density at radius 2 is 2.03 bits per heavy atom. The van der Waals surface area contributed by atoms with E-state index >= 15 is 0 Å². The molecule has 1 atom stereocenters. The van der Waals surface area contributed by atoms with Gasteiger partial charge in [0.2, 0.25) is 18.6 Å². The number of nitrogens with one attached hydrogen (secondary N) is 1. The highest BCUT2D eigenvalue weighted by Crippen LogP contribution is 2.40. The van der Waals surface area contributed by atoms with Crippen molar-refractivity contribution in [2.75, 3.05) is 12.1 Å². The van der Waals surface area contributed by atoms with Crippen LogP contribution >= 0.6 is 11.6 Å². The summed E-state index contributed by atoms with van der Waals surface area (Å²) in [5, 5.41) is 8.30. The standard InChI is InChI=1S/C20H16ClN5O3/c1-10-16(18(22)27)17(11-6-7-14-15(8-11)29-9-28-14)26-20(23-10)24-19(25-26)12-4-2-3-5-13(12)21/h2-8,17H,9H2,1H3,(H2,22,27)(H,23,24,25)/t17-/m0/s1. The summed E-state index contributed by atoms with van der Waals surface area (Å²) >= 11 is 6.32. The quantitative estimate of drug-likeness (QED) is 0.688. The molecule has 2 aliphatic heterocycles. The first-order valence-electron chi connectivity index (χ1n) is 8.91. The number of anilines is 1. The highest BCUT2D eigenvalue weighted by Gasteiger charge is 2.34. The summed E-state index contributed by atoms with van der Waals surface area (Å²) in [4.78, 5) is 16.9. The van der Waals surface area contributed by atoms with E-state index in [1.807, 2.05) is 30.3 Å². The van der Waals surface area contributed by atoms with Crippen LogP contribution < -0.4 is 20.5 Å². The Kier molecular flexibility index (Phi) is 3.95. The Bertz CT molecular complexity index is 1190. The van der Waals surface area contributed by atoms with Crippen LogP contribution in [0.4, 0.5) is 5.95 Å². The molecular weight excluding hydrogens is 394 g/mol. The molecule has 0 fully saturated rings. The first kappa shape index (κ1) is 17.6. The van der Waals surface area contributed by atoms with Crippen LogP contribution in [0.15, 0.2) is 53.7 Å². The van der Waals surface area contributed by atoms with Crippen molar-refractivity contribution in [2.45, 2.75) is 13.0 Å². The van der Waals surface area contributed by atoms with Crippen LogP contribution in [-0.2, 0) is 4.79 Å². The number of amides is 1. The Morgan fingerprint density at radius 1 is 1.24 bits per heavy atom. The average Bonchev–Trinajstić information content (AvgIpc) is 3.32. The molecule has 2 aliphatic rings. The molecule has 1 aromatic heterocycles. The van der Waals surface area contributed by atoms with E-state index in [2.05, 4.69) is 15.4 Å². The van der Waals surface area contributed by atoms with Crippen molar-refractivity contribution >= 4 is 23.5 Å². The normalized spacial score (nSPS) is 17.1. The first-order valence-corrected chi connectivity index (χ1v) is 9.29. The number of carbonyl (C=O) groups is 1. The van der Waals surface area contributed by atoms with E-state index < -0.39 is 11.9 Å². The van der Waals surface area contributed by atoms with Crippen LogP contribution in [0.25, 0.3) is 11.4 Å². The number of aromatic nitrogens is 3. The molecule has 0 bridgehead atoms. The van der Waals surface area contributed by atoms with Gasteiger partial charge in [-0.2, -0.15) is 4.98 Å². The zero-order valence-electron chi connectivity index (χ0n) is 15.3. The second-order valence-electron chi connectivity index (χ2n) is 6.73. The van der Waals surface area contributed by atoms with Gasteiger partial charge >= 0.3 is 0 Å². The lowest BCUT2D eigenvalue weighted by Crippen LogP contribution is -2.31. The molecule has 1 amide bonds. The molecule has 0 aliphatic carbocycles. The van der Waals surface area contributed by atoms with Crippen molar-refractivity contribution in [1.82, 2.24) is 14.8 Å². The number of nitrogens with zero attached hydrogens (tertiary/aromatic N) is 3. The molecule has 8 nitrogen and oxygen atoms in total. The number of halogens is 1. The first-order chi connectivity index (χ1) is 14.0. The molecule has 0 radical (unpaired) electrons. The third-order valence-corrected chi connectivity index (χ3v) is 5.27. The van der Waals surface area contributed by atoms with Crippen LogP contribution in [0.2, 0.25) is 5.02 Å². The average molecular weight is 410 g/mol. The molecule has 0 saturated heterocycles. The number of nitrogens with two attached hydrogens (primary N) is 1. The van der Waals surface area contributed by atoms with Gasteiger partial charge in [0.15, 0.2) is 17.3 Å². The summed E-state index contributed by atoms with van der Waals surface area (Å²) in [6, 6.07) is 12.2. The van der Waals surface area contributed by atoms with Crippen molar-refractivity contribution in [1.29, 1.82) is 0 Å². The number of hydrogen-bond acceptors (Lipinski definition) is 6. The minimum Gasteiger partial charge on any atom is -0.454 e. The van der Waals surface area contributed by atoms with Gasteiger partial charge in [0, 0.05) is 11.3 Å². The predicted octanol–water partition coefficient (Wildman–Crippen LogP) is 3.10. The number of carbonyl (C=O) groups excluding carboxylic acids is 1. The van der Waals surface area contributed by atoms with E-state index in [9.17, 15) is 4.79 Å². The van der Waals surface area contributed by atoms with Gasteiger partial charge in [0.25, 0.3) is 0 Å². The Balaban J connectivity index is 1.68. The van der Waals surface area contributed by atoms with Gasteiger partial charge in [-0.3, -0.25) is 4.79 Å². The largest absolute Gasteiger partial charge is 0.454 e. The lowest BCUT2D eigenvalue weighted by Gasteiger charge is -2.27. The fourth-order valence-corrected chi connectivity index (χ4v) is 3.84. The maximum absolute atomic E-state index is 12.3. The van der Waals surface area contributed by atoms with Gasteiger partial charge in [-0.25, -0.2) is 4.68 Å². The zero-order chi connectivity index (χ0) is 20.1. The highest BCUT2D eigenvalue weighted by atomic mass is 35.5. The summed E-state index contributed by atoms with van der Waals surface area (Å²) in [5.41, 5.74) is 8.21. The monoisotopic (exact) mass is 409 g/mol. The molecule has 0 unspecified atom stereocenters. The number of benzene rings is 2.